The highest BCUT2D eigenvalue weighted by atomic mass is 31.1. The Labute approximate surface area is 79.6 Å². The molecule has 0 spiro atoms. The van der Waals surface area contributed by atoms with E-state index in [0.717, 1.165) is 37.3 Å². The third-order valence-corrected chi connectivity index (χ3v) is 4.36. The Bertz CT molecular complexity index is 130. The van der Waals surface area contributed by atoms with Crippen LogP contribution in [0.15, 0.2) is 0 Å². The van der Waals surface area contributed by atoms with Gasteiger partial charge in [-0.25, -0.2) is 0 Å². The van der Waals surface area contributed by atoms with Gasteiger partial charge in [-0.2, -0.15) is 0 Å². The molecule has 4 heteroatoms. The van der Waals surface area contributed by atoms with Gasteiger partial charge in [-0.05, 0) is 18.5 Å². The lowest BCUT2D eigenvalue weighted by Gasteiger charge is -2.12. The van der Waals surface area contributed by atoms with Crippen LogP contribution in [0, 0.1) is 0 Å². The average molecular weight is 202 g/mol. The van der Waals surface area contributed by atoms with Gasteiger partial charge in [-0.3, -0.25) is 0 Å². The summed E-state index contributed by atoms with van der Waals surface area (Å²) in [7, 11) is -0.272. The Kier molecular flexibility index (Phi) is 9.12. The van der Waals surface area contributed by atoms with E-state index < -0.39 is 0 Å². The summed E-state index contributed by atoms with van der Waals surface area (Å²) in [4.78, 5) is 30.4. The topological polar surface area (TPSA) is 51.2 Å². The van der Waals surface area contributed by atoms with Crippen LogP contribution in [0.25, 0.3) is 0 Å². The van der Waals surface area contributed by atoms with Crippen LogP contribution in [0.2, 0.25) is 0 Å². The number of carbonyl (C=O) groups is 3. The minimum absolute atomic E-state index is 0.272. The van der Waals surface area contributed by atoms with Crippen molar-refractivity contribution in [2.24, 2.45) is 0 Å². The Morgan fingerprint density at radius 2 is 1.00 bits per heavy atom. The van der Waals surface area contributed by atoms with Crippen molar-refractivity contribution in [3.63, 3.8) is 0 Å². The molecule has 0 heterocycles. The second-order valence-electron chi connectivity index (χ2n) is 2.71. The molecule has 0 fully saturated rings. The molecule has 0 atom stereocenters. The first-order valence-corrected chi connectivity index (χ1v) is 6.28. The smallest absolute Gasteiger partial charge is 0.120 e. The highest BCUT2D eigenvalue weighted by molar-refractivity contribution is 7.57. The molecule has 0 radical (unpaired) electrons. The van der Waals surface area contributed by atoms with Gasteiger partial charge in [0.1, 0.15) is 18.9 Å². The summed E-state index contributed by atoms with van der Waals surface area (Å²) in [6, 6.07) is 0. The third kappa shape index (κ3) is 7.79. The first-order valence-electron chi connectivity index (χ1n) is 4.38. The second-order valence-corrected chi connectivity index (χ2v) is 5.39. The van der Waals surface area contributed by atoms with Crippen LogP contribution in [0.5, 0.6) is 0 Å². The molecule has 0 unspecified atom stereocenters. The SMILES string of the molecule is O=CCCP(CCC=O)CCC=O. The molecule has 0 bridgehead atoms. The molecule has 0 aliphatic carbocycles. The molecular formula is C9H15O3P. The van der Waals surface area contributed by atoms with Gasteiger partial charge in [0.05, 0.1) is 0 Å². The van der Waals surface area contributed by atoms with Gasteiger partial charge in [-0.1, -0.05) is 0 Å². The zero-order valence-corrected chi connectivity index (χ0v) is 8.54. The summed E-state index contributed by atoms with van der Waals surface area (Å²) in [5.41, 5.74) is 0. The molecule has 3 nitrogen and oxygen atoms in total. The number of rotatable bonds is 9. The van der Waals surface area contributed by atoms with Gasteiger partial charge < -0.3 is 14.4 Å². The highest BCUT2D eigenvalue weighted by Gasteiger charge is 2.06. The summed E-state index contributed by atoms with van der Waals surface area (Å²) in [5, 5.41) is 0. The molecule has 74 valence electrons. The number of hydrogen-bond acceptors (Lipinski definition) is 3. The molecule has 0 amide bonds. The van der Waals surface area contributed by atoms with E-state index >= 15 is 0 Å². The molecule has 0 aromatic rings. The fourth-order valence-corrected chi connectivity index (χ4v) is 3.12. The van der Waals surface area contributed by atoms with Gasteiger partial charge in [0.15, 0.2) is 0 Å². The van der Waals surface area contributed by atoms with Crippen molar-refractivity contribution < 1.29 is 14.4 Å². The number of carbonyl (C=O) groups excluding carboxylic acids is 3. The zero-order chi connectivity index (χ0) is 9.94. The summed E-state index contributed by atoms with van der Waals surface area (Å²) < 4.78 is 0. The van der Waals surface area contributed by atoms with Crippen LogP contribution in [0.1, 0.15) is 19.3 Å². The van der Waals surface area contributed by atoms with E-state index in [2.05, 4.69) is 0 Å². The van der Waals surface area contributed by atoms with E-state index in [0.29, 0.717) is 19.3 Å². The lowest BCUT2D eigenvalue weighted by atomic mass is 10.5. The number of hydrogen-bond donors (Lipinski definition) is 0. The zero-order valence-electron chi connectivity index (χ0n) is 7.65. The standard InChI is InChI=1S/C9H15O3P/c10-4-1-7-13(8-2-5-11)9-3-6-12/h4-6H,1-3,7-9H2. The molecule has 0 saturated carbocycles. The van der Waals surface area contributed by atoms with Crippen molar-refractivity contribution >= 4 is 26.8 Å². The van der Waals surface area contributed by atoms with Gasteiger partial charge in [0.25, 0.3) is 0 Å². The molecule has 0 rings (SSSR count). The van der Waals surface area contributed by atoms with Crippen molar-refractivity contribution in [2.75, 3.05) is 18.5 Å². The van der Waals surface area contributed by atoms with Crippen LogP contribution in [0.3, 0.4) is 0 Å². The summed E-state index contributed by atoms with van der Waals surface area (Å²) in [6.45, 7) is 0. The van der Waals surface area contributed by atoms with E-state index in [1.54, 1.807) is 0 Å². The molecule has 0 aliphatic rings. The Morgan fingerprint density at radius 3 is 1.23 bits per heavy atom. The molecular weight excluding hydrogens is 187 g/mol. The van der Waals surface area contributed by atoms with Crippen LogP contribution in [0.4, 0.5) is 0 Å². The van der Waals surface area contributed by atoms with Crippen LogP contribution in [-0.4, -0.2) is 37.3 Å². The number of aldehydes is 3. The van der Waals surface area contributed by atoms with E-state index in [1.165, 1.54) is 0 Å². The van der Waals surface area contributed by atoms with Gasteiger partial charge in [0, 0.05) is 19.3 Å². The first kappa shape index (κ1) is 12.4. The van der Waals surface area contributed by atoms with Crippen molar-refractivity contribution in [3.8, 4) is 0 Å². The predicted octanol–water partition coefficient (Wildman–Crippen LogP) is 1.24. The summed E-state index contributed by atoms with van der Waals surface area (Å²) in [6.07, 6.45) is 6.96. The third-order valence-electron chi connectivity index (χ3n) is 1.69. The molecule has 0 aromatic carbocycles. The predicted molar refractivity (Wildman–Crippen MR) is 53.6 cm³/mol. The Balaban J connectivity index is 3.64. The second kappa shape index (κ2) is 9.53. The fraction of sp³-hybridized carbons (Fsp3) is 0.667. The van der Waals surface area contributed by atoms with Crippen molar-refractivity contribution in [1.29, 1.82) is 0 Å². The largest absolute Gasteiger partial charge is 0.303 e. The summed E-state index contributed by atoms with van der Waals surface area (Å²) in [5.74, 6) is 0. The normalized spacial score (nSPS) is 9.92. The van der Waals surface area contributed by atoms with E-state index in [1.807, 2.05) is 0 Å². The lowest BCUT2D eigenvalue weighted by Crippen LogP contribution is -1.97. The van der Waals surface area contributed by atoms with Crippen LogP contribution < -0.4 is 0 Å². The van der Waals surface area contributed by atoms with Gasteiger partial charge in [0.2, 0.25) is 0 Å². The molecule has 13 heavy (non-hydrogen) atoms. The van der Waals surface area contributed by atoms with Gasteiger partial charge in [-0.15, -0.1) is 7.92 Å². The maximum Gasteiger partial charge on any atom is 0.120 e. The van der Waals surface area contributed by atoms with Crippen LogP contribution >= 0.6 is 7.92 Å². The Hall–Kier alpha value is -0.560. The molecule has 0 saturated heterocycles. The quantitative estimate of drug-likeness (QED) is 0.417. The van der Waals surface area contributed by atoms with Crippen molar-refractivity contribution in [3.05, 3.63) is 0 Å². The van der Waals surface area contributed by atoms with Crippen molar-refractivity contribution in [2.45, 2.75) is 19.3 Å². The maximum absolute atomic E-state index is 10.1. The molecule has 0 aromatic heterocycles. The average Bonchev–Trinajstić information content (AvgIpc) is 2.17. The van der Waals surface area contributed by atoms with Crippen molar-refractivity contribution in [1.82, 2.24) is 0 Å². The fourth-order valence-electron chi connectivity index (χ4n) is 1.04. The summed E-state index contributed by atoms with van der Waals surface area (Å²) >= 11 is 0. The highest BCUT2D eigenvalue weighted by Crippen LogP contribution is 2.36. The Morgan fingerprint density at radius 1 is 0.692 bits per heavy atom. The van der Waals surface area contributed by atoms with E-state index in [4.69, 9.17) is 0 Å². The maximum atomic E-state index is 10.1. The van der Waals surface area contributed by atoms with Gasteiger partial charge >= 0.3 is 0 Å². The minimum Gasteiger partial charge on any atom is -0.303 e. The molecule has 0 aliphatic heterocycles. The minimum atomic E-state index is -0.272. The monoisotopic (exact) mass is 202 g/mol. The van der Waals surface area contributed by atoms with E-state index in [-0.39, 0.29) is 7.92 Å². The lowest BCUT2D eigenvalue weighted by molar-refractivity contribution is -0.108. The van der Waals surface area contributed by atoms with E-state index in [9.17, 15) is 14.4 Å². The van der Waals surface area contributed by atoms with Crippen LogP contribution in [-0.2, 0) is 14.4 Å². The first-order chi connectivity index (χ1) is 6.35. The molecule has 0 N–H and O–H groups in total.